The Labute approximate surface area is 111 Å². The van der Waals surface area contributed by atoms with Gasteiger partial charge in [-0.05, 0) is 25.5 Å². The third-order valence-electron chi connectivity index (χ3n) is 2.96. The van der Waals surface area contributed by atoms with E-state index in [0.717, 1.165) is 12.2 Å². The number of aromatic carboxylic acids is 1. The second-order valence-electron chi connectivity index (χ2n) is 4.28. The quantitative estimate of drug-likeness (QED) is 0.895. The minimum absolute atomic E-state index is 0.0594. The van der Waals surface area contributed by atoms with Gasteiger partial charge in [-0.2, -0.15) is 0 Å². The van der Waals surface area contributed by atoms with Crippen molar-refractivity contribution in [1.82, 2.24) is 5.16 Å². The second-order valence-corrected chi connectivity index (χ2v) is 4.28. The SMILES string of the molecule is CCN(Cc1cc(C(=O)O)no1)c1ccccc1C. The minimum Gasteiger partial charge on any atom is -0.476 e. The van der Waals surface area contributed by atoms with E-state index in [1.54, 1.807) is 0 Å². The molecule has 0 spiro atoms. The standard InChI is InChI=1S/C14H16N2O3/c1-3-16(13-7-5-4-6-10(13)2)9-11-8-12(14(17)18)15-19-11/h4-8H,3,9H2,1-2H3,(H,17,18). The Hall–Kier alpha value is -2.30. The van der Waals surface area contributed by atoms with Gasteiger partial charge in [0.05, 0.1) is 6.54 Å². The number of carboxylic acid groups (broad SMARTS) is 1. The lowest BCUT2D eigenvalue weighted by molar-refractivity contribution is 0.0685. The smallest absolute Gasteiger partial charge is 0.358 e. The molecule has 5 nitrogen and oxygen atoms in total. The van der Waals surface area contributed by atoms with Crippen LogP contribution in [0, 0.1) is 6.92 Å². The molecule has 0 bridgehead atoms. The molecule has 1 N–H and O–H groups in total. The summed E-state index contributed by atoms with van der Waals surface area (Å²) in [6.07, 6.45) is 0. The number of carboxylic acids is 1. The first-order valence-electron chi connectivity index (χ1n) is 6.11. The Balaban J connectivity index is 2.19. The number of hydrogen-bond acceptors (Lipinski definition) is 4. The summed E-state index contributed by atoms with van der Waals surface area (Å²) in [5, 5.41) is 12.3. The number of carbonyl (C=O) groups is 1. The van der Waals surface area contributed by atoms with Crippen molar-refractivity contribution in [3.63, 3.8) is 0 Å². The molecule has 0 aliphatic carbocycles. The molecule has 5 heteroatoms. The summed E-state index contributed by atoms with van der Waals surface area (Å²) in [5.74, 6) is -0.531. The molecule has 0 saturated heterocycles. The van der Waals surface area contributed by atoms with Crippen LogP contribution in [0.2, 0.25) is 0 Å². The van der Waals surface area contributed by atoms with E-state index in [-0.39, 0.29) is 5.69 Å². The highest BCUT2D eigenvalue weighted by atomic mass is 16.5. The predicted molar refractivity (Wildman–Crippen MR) is 71.4 cm³/mol. The van der Waals surface area contributed by atoms with Crippen LogP contribution in [-0.4, -0.2) is 22.8 Å². The van der Waals surface area contributed by atoms with Gasteiger partial charge in [0.25, 0.3) is 0 Å². The molecule has 0 amide bonds. The van der Waals surface area contributed by atoms with E-state index in [1.165, 1.54) is 11.6 Å². The van der Waals surface area contributed by atoms with Crippen molar-refractivity contribution in [2.75, 3.05) is 11.4 Å². The molecule has 0 saturated carbocycles. The average molecular weight is 260 g/mol. The van der Waals surface area contributed by atoms with Crippen molar-refractivity contribution in [3.8, 4) is 0 Å². The van der Waals surface area contributed by atoms with Crippen LogP contribution >= 0.6 is 0 Å². The number of nitrogens with zero attached hydrogens (tertiary/aromatic N) is 2. The van der Waals surface area contributed by atoms with E-state index < -0.39 is 5.97 Å². The van der Waals surface area contributed by atoms with E-state index in [1.807, 2.05) is 38.1 Å². The Bertz CT molecular complexity index is 578. The number of hydrogen-bond donors (Lipinski definition) is 1. The summed E-state index contributed by atoms with van der Waals surface area (Å²) in [5.41, 5.74) is 2.22. The summed E-state index contributed by atoms with van der Waals surface area (Å²) in [6, 6.07) is 9.51. The third kappa shape index (κ3) is 2.93. The van der Waals surface area contributed by atoms with Crippen LogP contribution in [0.1, 0.15) is 28.7 Å². The number of benzene rings is 1. The zero-order chi connectivity index (χ0) is 13.8. The topological polar surface area (TPSA) is 66.6 Å². The highest BCUT2D eigenvalue weighted by molar-refractivity contribution is 5.85. The largest absolute Gasteiger partial charge is 0.476 e. The van der Waals surface area contributed by atoms with Crippen molar-refractivity contribution in [2.45, 2.75) is 20.4 Å². The molecule has 2 rings (SSSR count). The first-order valence-corrected chi connectivity index (χ1v) is 6.11. The lowest BCUT2D eigenvalue weighted by Crippen LogP contribution is -2.22. The summed E-state index contributed by atoms with van der Waals surface area (Å²) >= 11 is 0. The number of aryl methyl sites for hydroxylation is 1. The van der Waals surface area contributed by atoms with E-state index in [4.69, 9.17) is 9.63 Å². The number of para-hydroxylation sites is 1. The van der Waals surface area contributed by atoms with Crippen molar-refractivity contribution < 1.29 is 14.4 Å². The minimum atomic E-state index is -1.08. The van der Waals surface area contributed by atoms with E-state index in [0.29, 0.717) is 12.3 Å². The van der Waals surface area contributed by atoms with Gasteiger partial charge in [0.1, 0.15) is 0 Å². The number of anilines is 1. The Morgan fingerprint density at radius 3 is 2.74 bits per heavy atom. The van der Waals surface area contributed by atoms with Gasteiger partial charge in [-0.25, -0.2) is 4.79 Å². The van der Waals surface area contributed by atoms with Gasteiger partial charge in [-0.3, -0.25) is 0 Å². The monoisotopic (exact) mass is 260 g/mol. The predicted octanol–water partition coefficient (Wildman–Crippen LogP) is 2.71. The van der Waals surface area contributed by atoms with Crippen molar-refractivity contribution in [2.24, 2.45) is 0 Å². The summed E-state index contributed by atoms with van der Waals surface area (Å²) in [7, 11) is 0. The molecule has 0 radical (unpaired) electrons. The lowest BCUT2D eigenvalue weighted by atomic mass is 10.1. The van der Waals surface area contributed by atoms with Gasteiger partial charge in [-0.15, -0.1) is 0 Å². The van der Waals surface area contributed by atoms with Gasteiger partial charge in [0.2, 0.25) is 0 Å². The molecule has 0 aliphatic heterocycles. The first kappa shape index (κ1) is 13.1. The van der Waals surface area contributed by atoms with E-state index in [2.05, 4.69) is 10.1 Å². The molecule has 1 aromatic heterocycles. The molecule has 0 atom stereocenters. The van der Waals surface area contributed by atoms with Crippen LogP contribution in [0.25, 0.3) is 0 Å². The molecular formula is C14H16N2O3. The third-order valence-corrected chi connectivity index (χ3v) is 2.96. The van der Waals surface area contributed by atoms with Crippen LogP contribution in [0.15, 0.2) is 34.9 Å². The van der Waals surface area contributed by atoms with Crippen molar-refractivity contribution in [3.05, 3.63) is 47.3 Å². The van der Waals surface area contributed by atoms with Crippen molar-refractivity contribution >= 4 is 11.7 Å². The fourth-order valence-corrected chi connectivity index (χ4v) is 1.96. The number of rotatable bonds is 5. The molecule has 1 heterocycles. The first-order chi connectivity index (χ1) is 9.11. The van der Waals surface area contributed by atoms with Crippen LogP contribution in [0.4, 0.5) is 5.69 Å². The number of aromatic nitrogens is 1. The second kappa shape index (κ2) is 5.56. The Kier molecular flexibility index (Phi) is 3.85. The fraction of sp³-hybridized carbons (Fsp3) is 0.286. The summed E-state index contributed by atoms with van der Waals surface area (Å²) < 4.78 is 5.05. The van der Waals surface area contributed by atoms with Gasteiger partial charge in [0, 0.05) is 18.3 Å². The molecule has 1 aromatic carbocycles. The molecule has 0 fully saturated rings. The lowest BCUT2D eigenvalue weighted by Gasteiger charge is -2.23. The zero-order valence-electron chi connectivity index (χ0n) is 11.0. The maximum atomic E-state index is 10.8. The van der Waals surface area contributed by atoms with E-state index >= 15 is 0 Å². The molecule has 2 aromatic rings. The van der Waals surface area contributed by atoms with E-state index in [9.17, 15) is 4.79 Å². The Morgan fingerprint density at radius 1 is 1.42 bits per heavy atom. The Morgan fingerprint density at radius 2 is 2.16 bits per heavy atom. The van der Waals surface area contributed by atoms with Gasteiger partial charge in [-0.1, -0.05) is 23.4 Å². The highest BCUT2D eigenvalue weighted by Crippen LogP contribution is 2.21. The van der Waals surface area contributed by atoms with Crippen molar-refractivity contribution in [1.29, 1.82) is 0 Å². The van der Waals surface area contributed by atoms with Gasteiger partial charge < -0.3 is 14.5 Å². The highest BCUT2D eigenvalue weighted by Gasteiger charge is 2.14. The van der Waals surface area contributed by atoms with Crippen LogP contribution < -0.4 is 4.90 Å². The summed E-state index contributed by atoms with van der Waals surface area (Å²) in [6.45, 7) is 5.39. The molecule has 100 valence electrons. The molecule has 0 unspecified atom stereocenters. The maximum absolute atomic E-state index is 10.8. The fourth-order valence-electron chi connectivity index (χ4n) is 1.96. The summed E-state index contributed by atoms with van der Waals surface area (Å²) in [4.78, 5) is 12.9. The molecular weight excluding hydrogens is 244 g/mol. The van der Waals surface area contributed by atoms with Gasteiger partial charge in [0.15, 0.2) is 11.5 Å². The maximum Gasteiger partial charge on any atom is 0.358 e. The normalized spacial score (nSPS) is 10.4. The van der Waals surface area contributed by atoms with Crippen LogP contribution in [-0.2, 0) is 6.54 Å². The van der Waals surface area contributed by atoms with Crippen LogP contribution in [0.3, 0.4) is 0 Å². The van der Waals surface area contributed by atoms with Gasteiger partial charge >= 0.3 is 5.97 Å². The van der Waals surface area contributed by atoms with Crippen LogP contribution in [0.5, 0.6) is 0 Å². The average Bonchev–Trinajstić information content (AvgIpc) is 2.86. The zero-order valence-corrected chi connectivity index (χ0v) is 11.0. The molecule has 0 aliphatic rings. The molecule has 19 heavy (non-hydrogen) atoms.